The van der Waals surface area contributed by atoms with Gasteiger partial charge in [-0.15, -0.1) is 0 Å². The van der Waals surface area contributed by atoms with E-state index in [2.05, 4.69) is 31.2 Å². The monoisotopic (exact) mass is 227 g/mol. The maximum Gasteiger partial charge on any atom is 0.115 e. The number of rotatable bonds is 3. The van der Waals surface area contributed by atoms with Crippen LogP contribution in [0, 0.1) is 6.92 Å². The van der Waals surface area contributed by atoms with E-state index >= 15 is 0 Å². The number of hydrogen-bond donors (Lipinski definition) is 2. The third-order valence-electron chi connectivity index (χ3n) is 2.90. The van der Waals surface area contributed by atoms with Crippen molar-refractivity contribution in [2.45, 2.75) is 19.4 Å². The standard InChI is InChI=1S/C15H17NO/c1-11-2-6-13(7-3-11)15(16)10-12-4-8-14(17)9-5-12/h2-9,15,17H,10,16H2,1H3. The Morgan fingerprint density at radius 2 is 1.59 bits per heavy atom. The van der Waals surface area contributed by atoms with Gasteiger partial charge in [-0.05, 0) is 36.6 Å². The largest absolute Gasteiger partial charge is 0.508 e. The maximum atomic E-state index is 9.21. The van der Waals surface area contributed by atoms with Gasteiger partial charge in [0.2, 0.25) is 0 Å². The number of benzene rings is 2. The summed E-state index contributed by atoms with van der Waals surface area (Å²) in [6, 6.07) is 15.5. The van der Waals surface area contributed by atoms with Crippen molar-refractivity contribution in [2.75, 3.05) is 0 Å². The molecule has 0 aliphatic heterocycles. The van der Waals surface area contributed by atoms with Gasteiger partial charge in [0, 0.05) is 6.04 Å². The average Bonchev–Trinajstić information content (AvgIpc) is 2.33. The lowest BCUT2D eigenvalue weighted by Crippen LogP contribution is -2.13. The fourth-order valence-corrected chi connectivity index (χ4v) is 1.82. The molecule has 17 heavy (non-hydrogen) atoms. The van der Waals surface area contributed by atoms with Gasteiger partial charge in [-0.25, -0.2) is 0 Å². The fourth-order valence-electron chi connectivity index (χ4n) is 1.82. The Morgan fingerprint density at radius 1 is 1.00 bits per heavy atom. The predicted octanol–water partition coefficient (Wildman–Crippen LogP) is 2.94. The molecule has 0 fully saturated rings. The molecule has 2 aromatic carbocycles. The molecular weight excluding hydrogens is 210 g/mol. The van der Waals surface area contributed by atoms with Crippen molar-refractivity contribution in [3.63, 3.8) is 0 Å². The van der Waals surface area contributed by atoms with Gasteiger partial charge in [-0.1, -0.05) is 42.0 Å². The molecule has 2 nitrogen and oxygen atoms in total. The summed E-state index contributed by atoms with van der Waals surface area (Å²) in [5, 5.41) is 9.21. The average molecular weight is 227 g/mol. The van der Waals surface area contributed by atoms with Crippen LogP contribution in [0.15, 0.2) is 48.5 Å². The molecule has 0 aliphatic carbocycles. The molecule has 0 radical (unpaired) electrons. The highest BCUT2D eigenvalue weighted by Gasteiger charge is 2.06. The maximum absolute atomic E-state index is 9.21. The van der Waals surface area contributed by atoms with Gasteiger partial charge < -0.3 is 10.8 Å². The van der Waals surface area contributed by atoms with Crippen LogP contribution < -0.4 is 5.73 Å². The molecular formula is C15H17NO. The quantitative estimate of drug-likeness (QED) is 0.846. The molecule has 2 aromatic rings. The van der Waals surface area contributed by atoms with Crippen LogP contribution in [0.2, 0.25) is 0 Å². The van der Waals surface area contributed by atoms with Crippen molar-refractivity contribution in [3.05, 3.63) is 65.2 Å². The number of phenols is 1. The van der Waals surface area contributed by atoms with E-state index < -0.39 is 0 Å². The number of phenolic OH excluding ortho intramolecular Hbond substituents is 1. The minimum atomic E-state index is 0.000132. The van der Waals surface area contributed by atoms with Crippen molar-refractivity contribution in [3.8, 4) is 5.75 Å². The predicted molar refractivity (Wildman–Crippen MR) is 69.9 cm³/mol. The molecule has 0 aromatic heterocycles. The van der Waals surface area contributed by atoms with Gasteiger partial charge in [0.05, 0.1) is 0 Å². The zero-order chi connectivity index (χ0) is 12.3. The Balaban J connectivity index is 2.08. The Bertz CT molecular complexity index is 473. The van der Waals surface area contributed by atoms with Crippen LogP contribution in [0.4, 0.5) is 0 Å². The molecule has 2 rings (SSSR count). The minimum Gasteiger partial charge on any atom is -0.508 e. The summed E-state index contributed by atoms with van der Waals surface area (Å²) in [5.41, 5.74) is 9.67. The fraction of sp³-hybridized carbons (Fsp3) is 0.200. The van der Waals surface area contributed by atoms with E-state index in [-0.39, 0.29) is 11.8 Å². The van der Waals surface area contributed by atoms with E-state index in [1.807, 2.05) is 12.1 Å². The number of aryl methyl sites for hydroxylation is 1. The first kappa shape index (κ1) is 11.7. The van der Waals surface area contributed by atoms with Gasteiger partial charge in [-0.3, -0.25) is 0 Å². The van der Waals surface area contributed by atoms with Gasteiger partial charge in [0.15, 0.2) is 0 Å². The summed E-state index contributed by atoms with van der Waals surface area (Å²) in [5.74, 6) is 0.289. The molecule has 0 heterocycles. The summed E-state index contributed by atoms with van der Waals surface area (Å²) < 4.78 is 0. The Kier molecular flexibility index (Phi) is 3.45. The van der Waals surface area contributed by atoms with Crippen molar-refractivity contribution < 1.29 is 5.11 Å². The Hall–Kier alpha value is -1.80. The van der Waals surface area contributed by atoms with E-state index in [0.717, 1.165) is 17.5 Å². The second-order valence-electron chi connectivity index (χ2n) is 4.39. The van der Waals surface area contributed by atoms with Crippen LogP contribution >= 0.6 is 0 Å². The zero-order valence-corrected chi connectivity index (χ0v) is 9.93. The summed E-state index contributed by atoms with van der Waals surface area (Å²) in [6.45, 7) is 2.06. The highest BCUT2D eigenvalue weighted by atomic mass is 16.3. The lowest BCUT2D eigenvalue weighted by molar-refractivity contribution is 0.475. The third kappa shape index (κ3) is 3.08. The first-order valence-electron chi connectivity index (χ1n) is 5.75. The molecule has 0 amide bonds. The lowest BCUT2D eigenvalue weighted by Gasteiger charge is -2.12. The molecule has 2 heteroatoms. The highest BCUT2D eigenvalue weighted by Crippen LogP contribution is 2.18. The molecule has 0 aliphatic rings. The number of nitrogens with two attached hydrogens (primary N) is 1. The van der Waals surface area contributed by atoms with E-state index in [0.29, 0.717) is 0 Å². The van der Waals surface area contributed by atoms with E-state index in [1.165, 1.54) is 5.56 Å². The molecule has 88 valence electrons. The second-order valence-corrected chi connectivity index (χ2v) is 4.39. The molecule has 3 N–H and O–H groups in total. The topological polar surface area (TPSA) is 46.2 Å². The van der Waals surface area contributed by atoms with Crippen LogP contribution in [-0.4, -0.2) is 5.11 Å². The summed E-state index contributed by atoms with van der Waals surface area (Å²) in [4.78, 5) is 0. The van der Waals surface area contributed by atoms with Crippen LogP contribution in [0.1, 0.15) is 22.7 Å². The minimum absolute atomic E-state index is 0.000132. The van der Waals surface area contributed by atoms with Crippen molar-refractivity contribution in [1.29, 1.82) is 0 Å². The number of hydrogen-bond acceptors (Lipinski definition) is 2. The normalized spacial score (nSPS) is 12.4. The molecule has 0 saturated heterocycles. The zero-order valence-electron chi connectivity index (χ0n) is 9.93. The lowest BCUT2D eigenvalue weighted by atomic mass is 9.99. The van der Waals surface area contributed by atoms with Gasteiger partial charge in [0.25, 0.3) is 0 Å². The van der Waals surface area contributed by atoms with E-state index in [1.54, 1.807) is 12.1 Å². The molecule has 0 bridgehead atoms. The van der Waals surface area contributed by atoms with E-state index in [9.17, 15) is 5.11 Å². The smallest absolute Gasteiger partial charge is 0.115 e. The van der Waals surface area contributed by atoms with Crippen LogP contribution in [0.3, 0.4) is 0 Å². The highest BCUT2D eigenvalue weighted by molar-refractivity contribution is 5.29. The summed E-state index contributed by atoms with van der Waals surface area (Å²) in [7, 11) is 0. The number of aromatic hydroxyl groups is 1. The first-order chi connectivity index (χ1) is 8.15. The van der Waals surface area contributed by atoms with Crippen molar-refractivity contribution in [2.24, 2.45) is 5.73 Å². The SMILES string of the molecule is Cc1ccc(C(N)Cc2ccc(O)cc2)cc1. The van der Waals surface area contributed by atoms with Crippen molar-refractivity contribution in [1.82, 2.24) is 0 Å². The molecule has 1 unspecified atom stereocenters. The summed E-state index contributed by atoms with van der Waals surface area (Å²) >= 11 is 0. The Morgan fingerprint density at radius 3 is 2.18 bits per heavy atom. The van der Waals surface area contributed by atoms with Crippen molar-refractivity contribution >= 4 is 0 Å². The van der Waals surface area contributed by atoms with Gasteiger partial charge in [-0.2, -0.15) is 0 Å². The van der Waals surface area contributed by atoms with Crippen LogP contribution in [0.5, 0.6) is 5.75 Å². The second kappa shape index (κ2) is 5.02. The first-order valence-corrected chi connectivity index (χ1v) is 5.75. The van der Waals surface area contributed by atoms with Gasteiger partial charge in [0.1, 0.15) is 5.75 Å². The summed E-state index contributed by atoms with van der Waals surface area (Å²) in [6.07, 6.45) is 0.781. The Labute approximate surface area is 102 Å². The molecule has 0 saturated carbocycles. The van der Waals surface area contributed by atoms with Crippen LogP contribution in [0.25, 0.3) is 0 Å². The third-order valence-corrected chi connectivity index (χ3v) is 2.90. The van der Waals surface area contributed by atoms with Gasteiger partial charge >= 0.3 is 0 Å². The van der Waals surface area contributed by atoms with E-state index in [4.69, 9.17) is 5.73 Å². The van der Waals surface area contributed by atoms with Crippen LogP contribution in [-0.2, 0) is 6.42 Å². The molecule has 0 spiro atoms. The molecule has 1 atom stereocenters.